The third-order valence-corrected chi connectivity index (χ3v) is 5.07. The molecule has 6 heteroatoms. The number of amides is 1. The Hall–Kier alpha value is -1.62. The highest BCUT2D eigenvalue weighted by molar-refractivity contribution is 5.95. The molecule has 4 nitrogen and oxygen atoms in total. The summed E-state index contributed by atoms with van der Waals surface area (Å²) in [4.78, 5) is 19.1. The van der Waals surface area contributed by atoms with Crippen molar-refractivity contribution in [2.75, 3.05) is 26.7 Å². The predicted octanol–water partition coefficient (Wildman–Crippen LogP) is 4.36. The number of halogens is 2. The fourth-order valence-corrected chi connectivity index (χ4v) is 3.42. The lowest BCUT2D eigenvalue weighted by Gasteiger charge is -2.32. The lowest BCUT2D eigenvalue weighted by atomic mass is 9.93. The van der Waals surface area contributed by atoms with Gasteiger partial charge in [0.15, 0.2) is 0 Å². The zero-order valence-electron chi connectivity index (χ0n) is 16.0. The summed E-state index contributed by atoms with van der Waals surface area (Å²) in [6, 6.07) is 10.3. The number of pyridine rings is 1. The monoisotopic (exact) mass is 409 g/mol. The van der Waals surface area contributed by atoms with Crippen LogP contribution in [0.1, 0.15) is 35.2 Å². The van der Waals surface area contributed by atoms with Crippen molar-refractivity contribution in [3.05, 3.63) is 53.9 Å². The Morgan fingerprint density at radius 2 is 1.78 bits per heavy atom. The number of likely N-dealkylation sites (tertiary alicyclic amines) is 1. The molecule has 1 aromatic heterocycles. The molecular weight excluding hydrogens is 381 g/mol. The quantitative estimate of drug-likeness (QED) is 0.797. The first-order valence-corrected chi connectivity index (χ1v) is 9.13. The molecule has 1 aromatic carbocycles. The summed E-state index contributed by atoms with van der Waals surface area (Å²) < 4.78 is 0. The maximum absolute atomic E-state index is 12.8. The predicted molar refractivity (Wildman–Crippen MR) is 116 cm³/mol. The zero-order chi connectivity index (χ0) is 17.6. The van der Waals surface area contributed by atoms with Crippen molar-refractivity contribution in [3.63, 3.8) is 0 Å². The number of carbonyl (C=O) groups is 1. The van der Waals surface area contributed by atoms with E-state index in [9.17, 15) is 4.79 Å². The van der Waals surface area contributed by atoms with Gasteiger partial charge in [-0.05, 0) is 57.3 Å². The van der Waals surface area contributed by atoms with Crippen LogP contribution in [-0.4, -0.2) is 42.5 Å². The number of aromatic nitrogens is 1. The molecule has 0 bridgehead atoms. The van der Waals surface area contributed by atoms with Gasteiger partial charge in [0.25, 0.3) is 5.91 Å². The summed E-state index contributed by atoms with van der Waals surface area (Å²) in [6.45, 7) is 4.83. The molecule has 0 aliphatic carbocycles. The Labute approximate surface area is 174 Å². The second-order valence-electron chi connectivity index (χ2n) is 6.96. The van der Waals surface area contributed by atoms with Crippen LogP contribution in [0.2, 0.25) is 0 Å². The summed E-state index contributed by atoms with van der Waals surface area (Å²) >= 11 is 0. The number of nitrogens with one attached hydrogen (secondary N) is 1. The van der Waals surface area contributed by atoms with Crippen molar-refractivity contribution in [2.24, 2.45) is 5.92 Å². The maximum atomic E-state index is 12.8. The Morgan fingerprint density at radius 3 is 2.41 bits per heavy atom. The first-order chi connectivity index (χ1) is 12.2. The molecule has 1 aliphatic rings. The van der Waals surface area contributed by atoms with E-state index in [0.29, 0.717) is 5.56 Å². The number of nitrogens with zero attached hydrogens (tertiary/aromatic N) is 2. The Bertz CT molecular complexity index is 714. The van der Waals surface area contributed by atoms with Crippen LogP contribution in [0.3, 0.4) is 0 Å². The number of hydrogen-bond acceptors (Lipinski definition) is 3. The fraction of sp³-hybridized carbons (Fsp3) is 0.429. The average Bonchev–Trinajstić information content (AvgIpc) is 2.67. The van der Waals surface area contributed by atoms with Crippen LogP contribution in [0, 0.1) is 12.8 Å². The van der Waals surface area contributed by atoms with E-state index < -0.39 is 0 Å². The number of hydrogen-bond donors (Lipinski definition) is 1. The van der Waals surface area contributed by atoms with Crippen molar-refractivity contribution < 1.29 is 4.79 Å². The van der Waals surface area contributed by atoms with Crippen LogP contribution in [0.4, 0.5) is 0 Å². The van der Waals surface area contributed by atoms with E-state index in [4.69, 9.17) is 0 Å². The van der Waals surface area contributed by atoms with Gasteiger partial charge in [-0.3, -0.25) is 9.78 Å². The van der Waals surface area contributed by atoms with E-state index in [1.165, 1.54) is 12.0 Å². The standard InChI is InChI=1S/C21H27N3O.2ClH/c1-16-3-5-18(6-4-16)19-13-20(15-23-14-19)21(25)24-11-8-17(9-12-24)7-10-22-2;;/h3-6,13-15,17,22H,7-12H2,1-2H3;2*1H. The lowest BCUT2D eigenvalue weighted by Crippen LogP contribution is -2.39. The molecule has 1 saturated heterocycles. The minimum atomic E-state index is 0. The van der Waals surface area contributed by atoms with Gasteiger partial charge in [-0.15, -0.1) is 24.8 Å². The molecule has 2 aromatic rings. The van der Waals surface area contributed by atoms with E-state index in [0.717, 1.165) is 49.5 Å². The average molecular weight is 410 g/mol. The molecule has 27 heavy (non-hydrogen) atoms. The van der Waals surface area contributed by atoms with Crippen LogP contribution < -0.4 is 5.32 Å². The van der Waals surface area contributed by atoms with E-state index in [2.05, 4.69) is 41.5 Å². The van der Waals surface area contributed by atoms with E-state index >= 15 is 0 Å². The van der Waals surface area contributed by atoms with Crippen LogP contribution in [-0.2, 0) is 0 Å². The highest BCUT2D eigenvalue weighted by Crippen LogP contribution is 2.23. The molecule has 1 N–H and O–H groups in total. The first kappa shape index (κ1) is 23.4. The Balaban J connectivity index is 0.00000182. The Kier molecular flexibility index (Phi) is 9.78. The topological polar surface area (TPSA) is 45.2 Å². The van der Waals surface area contributed by atoms with Gasteiger partial charge in [-0.1, -0.05) is 29.8 Å². The molecule has 1 aliphatic heterocycles. The molecule has 148 valence electrons. The molecule has 0 saturated carbocycles. The van der Waals surface area contributed by atoms with Crippen molar-refractivity contribution >= 4 is 30.7 Å². The second-order valence-corrected chi connectivity index (χ2v) is 6.96. The SMILES string of the molecule is CNCCC1CCN(C(=O)c2cncc(-c3ccc(C)cc3)c2)CC1.Cl.Cl. The highest BCUT2D eigenvalue weighted by atomic mass is 35.5. The largest absolute Gasteiger partial charge is 0.339 e. The van der Waals surface area contributed by atoms with Gasteiger partial charge in [0.2, 0.25) is 0 Å². The van der Waals surface area contributed by atoms with Gasteiger partial charge in [0.05, 0.1) is 5.56 Å². The third-order valence-electron chi connectivity index (χ3n) is 5.07. The van der Waals surface area contributed by atoms with E-state index in [1.807, 2.05) is 24.2 Å². The van der Waals surface area contributed by atoms with Gasteiger partial charge in [-0.2, -0.15) is 0 Å². The molecular formula is C21H29Cl2N3O. The van der Waals surface area contributed by atoms with Crippen LogP contribution >= 0.6 is 24.8 Å². The first-order valence-electron chi connectivity index (χ1n) is 9.13. The van der Waals surface area contributed by atoms with E-state index in [-0.39, 0.29) is 30.7 Å². The van der Waals surface area contributed by atoms with Gasteiger partial charge >= 0.3 is 0 Å². The summed E-state index contributed by atoms with van der Waals surface area (Å²) in [5.41, 5.74) is 4.00. The smallest absolute Gasteiger partial charge is 0.255 e. The molecule has 2 heterocycles. The van der Waals surface area contributed by atoms with Gasteiger partial charge in [0.1, 0.15) is 0 Å². The number of piperidine rings is 1. The summed E-state index contributed by atoms with van der Waals surface area (Å²) in [6.07, 6.45) is 6.90. The summed E-state index contributed by atoms with van der Waals surface area (Å²) in [5.74, 6) is 0.835. The lowest BCUT2D eigenvalue weighted by molar-refractivity contribution is 0.0687. The molecule has 0 unspecified atom stereocenters. The molecule has 0 spiro atoms. The summed E-state index contributed by atoms with van der Waals surface area (Å²) in [7, 11) is 1.99. The third kappa shape index (κ3) is 6.20. The number of rotatable bonds is 5. The van der Waals surface area contributed by atoms with Gasteiger partial charge in [0, 0.05) is 31.0 Å². The van der Waals surface area contributed by atoms with Crippen molar-refractivity contribution in [2.45, 2.75) is 26.2 Å². The van der Waals surface area contributed by atoms with Gasteiger partial charge < -0.3 is 10.2 Å². The van der Waals surface area contributed by atoms with Crippen molar-refractivity contribution in [1.82, 2.24) is 15.2 Å². The van der Waals surface area contributed by atoms with Crippen LogP contribution in [0.5, 0.6) is 0 Å². The number of aryl methyl sites for hydroxylation is 1. The van der Waals surface area contributed by atoms with Crippen LogP contribution in [0.15, 0.2) is 42.7 Å². The van der Waals surface area contributed by atoms with Crippen molar-refractivity contribution in [3.8, 4) is 11.1 Å². The molecule has 3 rings (SSSR count). The van der Waals surface area contributed by atoms with Gasteiger partial charge in [-0.25, -0.2) is 0 Å². The normalized spacial score (nSPS) is 14.2. The number of carbonyl (C=O) groups excluding carboxylic acids is 1. The highest BCUT2D eigenvalue weighted by Gasteiger charge is 2.23. The van der Waals surface area contributed by atoms with Crippen molar-refractivity contribution in [1.29, 1.82) is 0 Å². The molecule has 1 fully saturated rings. The number of benzene rings is 1. The van der Waals surface area contributed by atoms with Crippen LogP contribution in [0.25, 0.3) is 11.1 Å². The minimum absolute atomic E-state index is 0. The molecule has 0 radical (unpaired) electrons. The maximum Gasteiger partial charge on any atom is 0.255 e. The molecule has 0 atom stereocenters. The minimum Gasteiger partial charge on any atom is -0.339 e. The summed E-state index contributed by atoms with van der Waals surface area (Å²) in [5, 5.41) is 3.21. The molecule has 1 amide bonds. The Morgan fingerprint density at radius 1 is 1.11 bits per heavy atom. The second kappa shape index (κ2) is 11.3. The fourth-order valence-electron chi connectivity index (χ4n) is 3.42. The van der Waals surface area contributed by atoms with E-state index in [1.54, 1.807) is 6.20 Å². The zero-order valence-corrected chi connectivity index (χ0v) is 17.6.